The summed E-state index contributed by atoms with van der Waals surface area (Å²) in [4.78, 5) is 36.1. The van der Waals surface area contributed by atoms with Gasteiger partial charge in [-0.2, -0.15) is 0 Å². The number of hydrogen-bond donors (Lipinski definition) is 1. The molecule has 0 saturated carbocycles. The van der Waals surface area contributed by atoms with Crippen molar-refractivity contribution in [1.82, 2.24) is 4.57 Å². The highest BCUT2D eigenvalue weighted by molar-refractivity contribution is 6.45. The Morgan fingerprint density at radius 1 is 1.03 bits per heavy atom. The van der Waals surface area contributed by atoms with Crippen molar-refractivity contribution in [3.05, 3.63) is 65.4 Å². The molecule has 156 valence electrons. The molecule has 0 radical (unpaired) electrons. The number of aryl methyl sites for hydroxylation is 2. The van der Waals surface area contributed by atoms with E-state index >= 15 is 0 Å². The minimum atomic E-state index is -1.03. The summed E-state index contributed by atoms with van der Waals surface area (Å²) in [6, 6.07) is 15.3. The number of ketones is 1. The summed E-state index contributed by atoms with van der Waals surface area (Å²) >= 11 is 0. The van der Waals surface area contributed by atoms with Crippen molar-refractivity contribution in [3.63, 3.8) is 0 Å². The number of amides is 1. The van der Waals surface area contributed by atoms with E-state index < -0.39 is 17.7 Å². The third kappa shape index (κ3) is 4.20. The summed E-state index contributed by atoms with van der Waals surface area (Å²) in [5.41, 5.74) is 8.18. The number of fused-ring (bicyclic) bond motifs is 1. The number of nitrogens with two attached hydrogens (primary N) is 1. The Morgan fingerprint density at radius 2 is 1.77 bits per heavy atom. The number of nitrogens with zero attached hydrogens (tertiary/aromatic N) is 1. The van der Waals surface area contributed by atoms with Crippen LogP contribution in [0.3, 0.4) is 0 Å². The van der Waals surface area contributed by atoms with Crippen LogP contribution in [0.5, 0.6) is 5.75 Å². The smallest absolute Gasteiger partial charge is 0.343 e. The highest BCUT2D eigenvalue weighted by Gasteiger charge is 2.27. The van der Waals surface area contributed by atoms with Gasteiger partial charge in [0.05, 0.1) is 23.6 Å². The highest BCUT2D eigenvalue weighted by Crippen LogP contribution is 2.35. The molecule has 7 heteroatoms. The maximum absolute atomic E-state index is 12.7. The minimum Gasteiger partial charge on any atom is -0.481 e. The van der Waals surface area contributed by atoms with Gasteiger partial charge in [-0.25, -0.2) is 4.79 Å². The molecular formula is C23H24N2O5. The maximum Gasteiger partial charge on any atom is 0.343 e. The van der Waals surface area contributed by atoms with E-state index in [0.717, 1.165) is 17.5 Å². The molecule has 2 N–H and O–H groups in total. The molecule has 30 heavy (non-hydrogen) atoms. The molecular weight excluding hydrogens is 384 g/mol. The number of esters is 1. The number of carbonyl (C=O) groups excluding carboxylic acids is 3. The van der Waals surface area contributed by atoms with Crippen LogP contribution in [0.4, 0.5) is 0 Å². The lowest BCUT2D eigenvalue weighted by Crippen LogP contribution is -2.24. The average Bonchev–Trinajstić information content (AvgIpc) is 3.09. The van der Waals surface area contributed by atoms with Gasteiger partial charge in [-0.3, -0.25) is 9.59 Å². The number of primary amides is 1. The van der Waals surface area contributed by atoms with Gasteiger partial charge in [-0.15, -0.1) is 0 Å². The molecule has 7 nitrogen and oxygen atoms in total. The molecule has 0 aliphatic heterocycles. The SMILES string of the molecule is CCc1c(C(=O)C(N)=O)c2c(OCC(=O)OC)cccc2n1CCc1ccccc1. The van der Waals surface area contributed by atoms with E-state index in [2.05, 4.69) is 4.74 Å². The predicted molar refractivity (Wildman–Crippen MR) is 112 cm³/mol. The van der Waals surface area contributed by atoms with Gasteiger partial charge >= 0.3 is 5.97 Å². The van der Waals surface area contributed by atoms with E-state index in [-0.39, 0.29) is 12.2 Å². The number of aromatic nitrogens is 1. The molecule has 0 atom stereocenters. The Kier molecular flexibility index (Phi) is 6.51. The summed E-state index contributed by atoms with van der Waals surface area (Å²) in [6.45, 7) is 2.21. The van der Waals surface area contributed by atoms with Crippen LogP contribution in [0.2, 0.25) is 0 Å². The molecule has 3 aromatic rings. The molecule has 0 unspecified atom stereocenters. The third-order valence-electron chi connectivity index (χ3n) is 4.99. The molecule has 0 bridgehead atoms. The summed E-state index contributed by atoms with van der Waals surface area (Å²) in [5, 5.41) is 0.482. The number of methoxy groups -OCH3 is 1. The van der Waals surface area contributed by atoms with Crippen LogP contribution in [0.15, 0.2) is 48.5 Å². The van der Waals surface area contributed by atoms with E-state index in [9.17, 15) is 14.4 Å². The van der Waals surface area contributed by atoms with E-state index in [1.807, 2.05) is 47.9 Å². The van der Waals surface area contributed by atoms with Gasteiger partial charge in [0, 0.05) is 12.2 Å². The van der Waals surface area contributed by atoms with Crippen LogP contribution < -0.4 is 10.5 Å². The first-order chi connectivity index (χ1) is 14.5. The van der Waals surface area contributed by atoms with Crippen molar-refractivity contribution in [2.75, 3.05) is 13.7 Å². The normalized spacial score (nSPS) is 10.7. The molecule has 0 fully saturated rings. The second-order valence-corrected chi connectivity index (χ2v) is 6.77. The van der Waals surface area contributed by atoms with Crippen molar-refractivity contribution >= 4 is 28.6 Å². The number of hydrogen-bond acceptors (Lipinski definition) is 5. The number of benzene rings is 2. The zero-order valence-electron chi connectivity index (χ0n) is 17.0. The molecule has 1 amide bonds. The third-order valence-corrected chi connectivity index (χ3v) is 4.99. The second-order valence-electron chi connectivity index (χ2n) is 6.77. The highest BCUT2D eigenvalue weighted by atomic mass is 16.6. The van der Waals surface area contributed by atoms with Crippen LogP contribution in [0.1, 0.15) is 28.5 Å². The van der Waals surface area contributed by atoms with Gasteiger partial charge in [0.25, 0.3) is 11.7 Å². The van der Waals surface area contributed by atoms with E-state index in [0.29, 0.717) is 29.8 Å². The molecule has 0 spiro atoms. The van der Waals surface area contributed by atoms with Gasteiger partial charge in [-0.1, -0.05) is 43.3 Å². The Balaban J connectivity index is 2.14. The second kappa shape index (κ2) is 9.26. The fraction of sp³-hybridized carbons (Fsp3) is 0.261. The zero-order chi connectivity index (χ0) is 21.7. The van der Waals surface area contributed by atoms with Gasteiger partial charge in [0.2, 0.25) is 0 Å². The summed E-state index contributed by atoms with van der Waals surface area (Å²) in [6.07, 6.45) is 1.27. The largest absolute Gasteiger partial charge is 0.481 e. The lowest BCUT2D eigenvalue weighted by Gasteiger charge is -2.11. The van der Waals surface area contributed by atoms with E-state index in [1.54, 1.807) is 12.1 Å². The zero-order valence-corrected chi connectivity index (χ0v) is 17.0. The molecule has 0 aliphatic carbocycles. The van der Waals surface area contributed by atoms with Gasteiger partial charge in [-0.05, 0) is 30.5 Å². The Labute approximate surface area is 174 Å². The quantitative estimate of drug-likeness (QED) is 0.333. The first-order valence-corrected chi connectivity index (χ1v) is 9.69. The lowest BCUT2D eigenvalue weighted by molar-refractivity contribution is -0.142. The molecule has 1 aromatic heterocycles. The summed E-state index contributed by atoms with van der Waals surface area (Å²) in [5.74, 6) is -2.02. The topological polar surface area (TPSA) is 101 Å². The minimum absolute atomic E-state index is 0.230. The Hall–Kier alpha value is -3.61. The van der Waals surface area contributed by atoms with Crippen molar-refractivity contribution in [3.8, 4) is 5.75 Å². The Bertz CT molecular complexity index is 1090. The lowest BCUT2D eigenvalue weighted by atomic mass is 10.0. The van der Waals surface area contributed by atoms with Crippen LogP contribution in [-0.4, -0.2) is 35.9 Å². The molecule has 0 aliphatic rings. The molecule has 0 saturated heterocycles. The standard InChI is InChI=1S/C23H24N2O5/c1-3-16-21(22(27)23(24)28)20-17(10-7-11-18(20)30-14-19(26)29-2)25(16)13-12-15-8-5-4-6-9-15/h4-11H,3,12-14H2,1-2H3,(H2,24,28). The monoisotopic (exact) mass is 408 g/mol. The van der Waals surface area contributed by atoms with Crippen molar-refractivity contribution in [2.24, 2.45) is 5.73 Å². The molecule has 1 heterocycles. The Morgan fingerprint density at radius 3 is 2.40 bits per heavy atom. The van der Waals surface area contributed by atoms with Gasteiger partial charge in [0.1, 0.15) is 5.75 Å². The van der Waals surface area contributed by atoms with Gasteiger partial charge < -0.3 is 19.8 Å². The predicted octanol–water partition coefficient (Wildman–Crippen LogP) is 2.67. The van der Waals surface area contributed by atoms with Crippen LogP contribution in [0.25, 0.3) is 10.9 Å². The average molecular weight is 408 g/mol. The van der Waals surface area contributed by atoms with E-state index in [4.69, 9.17) is 10.5 Å². The number of Topliss-reactive ketones (excluding diaryl/α,β-unsaturated/α-hetero) is 1. The van der Waals surface area contributed by atoms with Crippen LogP contribution in [0, 0.1) is 0 Å². The fourth-order valence-corrected chi connectivity index (χ4v) is 3.61. The maximum atomic E-state index is 12.7. The van der Waals surface area contributed by atoms with E-state index in [1.165, 1.54) is 7.11 Å². The van der Waals surface area contributed by atoms with Crippen molar-refractivity contribution in [2.45, 2.75) is 26.3 Å². The number of ether oxygens (including phenoxy) is 2. The summed E-state index contributed by atoms with van der Waals surface area (Å²) < 4.78 is 12.3. The van der Waals surface area contributed by atoms with Gasteiger partial charge in [0.15, 0.2) is 6.61 Å². The number of carbonyl (C=O) groups is 3. The van der Waals surface area contributed by atoms with Crippen molar-refractivity contribution in [1.29, 1.82) is 0 Å². The summed E-state index contributed by atoms with van der Waals surface area (Å²) in [7, 11) is 1.27. The first-order valence-electron chi connectivity index (χ1n) is 9.69. The van der Waals surface area contributed by atoms with Crippen molar-refractivity contribution < 1.29 is 23.9 Å². The molecule has 2 aromatic carbocycles. The molecule has 3 rings (SSSR count). The number of rotatable bonds is 9. The van der Waals surface area contributed by atoms with Crippen LogP contribution >= 0.6 is 0 Å². The van der Waals surface area contributed by atoms with Crippen LogP contribution in [-0.2, 0) is 33.7 Å². The fourth-order valence-electron chi connectivity index (χ4n) is 3.61. The first kappa shape index (κ1) is 21.1.